The first-order chi connectivity index (χ1) is 11.4. The molecule has 2 aromatic rings. The zero-order valence-electron chi connectivity index (χ0n) is 15.5. The summed E-state index contributed by atoms with van der Waals surface area (Å²) in [5.74, 6) is -0.0592. The molecule has 0 amide bonds. The summed E-state index contributed by atoms with van der Waals surface area (Å²) in [6.45, 7) is 4.85. The monoisotopic (exact) mass is 368 g/mol. The van der Waals surface area contributed by atoms with E-state index in [0.717, 1.165) is 36.8 Å². The number of ether oxygens (including phenoxy) is 1. The van der Waals surface area contributed by atoms with Gasteiger partial charge < -0.3 is 14.7 Å². The highest BCUT2D eigenvalue weighted by atomic mass is 35.5. The van der Waals surface area contributed by atoms with Crippen LogP contribution in [0, 0.1) is 0 Å². The van der Waals surface area contributed by atoms with Crippen molar-refractivity contribution >= 4 is 29.1 Å². The van der Waals surface area contributed by atoms with Crippen molar-refractivity contribution in [2.45, 2.75) is 33.1 Å². The fourth-order valence-electron chi connectivity index (χ4n) is 2.14. The average molecular weight is 369 g/mol. The number of nitrogens with zero attached hydrogens (tertiary/aromatic N) is 2. The number of likely N-dealkylation sites (N-methyl/N-ethyl adjacent to an activating group) is 1. The lowest BCUT2D eigenvalue weighted by Gasteiger charge is -2.13. The van der Waals surface area contributed by atoms with Gasteiger partial charge in [-0.1, -0.05) is 31.5 Å². The SMILES string of the molecule is CC(=O)O.CCCCc1cc2ccccc2c(OCCN(C)C)n1.Cl. The van der Waals surface area contributed by atoms with E-state index in [1.165, 1.54) is 18.2 Å². The second kappa shape index (κ2) is 12.5. The number of aliphatic carboxylic acids is 1. The number of carboxylic acids is 1. The van der Waals surface area contributed by atoms with E-state index in [9.17, 15) is 0 Å². The Morgan fingerprint density at radius 2 is 1.92 bits per heavy atom. The van der Waals surface area contributed by atoms with E-state index in [4.69, 9.17) is 19.6 Å². The number of aryl methyl sites for hydroxylation is 1. The molecular formula is C19H29ClN2O3. The van der Waals surface area contributed by atoms with Gasteiger partial charge in [0.2, 0.25) is 5.88 Å². The number of aromatic nitrogens is 1. The maximum absolute atomic E-state index is 9.00. The van der Waals surface area contributed by atoms with Crippen molar-refractivity contribution in [2.24, 2.45) is 0 Å². The van der Waals surface area contributed by atoms with E-state index in [0.29, 0.717) is 6.61 Å². The Balaban J connectivity index is 0.00000104. The molecule has 0 aliphatic carbocycles. The van der Waals surface area contributed by atoms with Gasteiger partial charge in [0.05, 0.1) is 0 Å². The van der Waals surface area contributed by atoms with Crippen LogP contribution < -0.4 is 4.74 Å². The molecule has 0 saturated carbocycles. The third-order valence-electron chi connectivity index (χ3n) is 3.32. The van der Waals surface area contributed by atoms with Crippen LogP contribution in [0.1, 0.15) is 32.4 Å². The van der Waals surface area contributed by atoms with Crippen LogP contribution in [0.15, 0.2) is 30.3 Å². The number of pyridine rings is 1. The Morgan fingerprint density at radius 1 is 1.28 bits per heavy atom. The third-order valence-corrected chi connectivity index (χ3v) is 3.32. The summed E-state index contributed by atoms with van der Waals surface area (Å²) >= 11 is 0. The van der Waals surface area contributed by atoms with Gasteiger partial charge >= 0.3 is 0 Å². The Hall–Kier alpha value is -1.85. The van der Waals surface area contributed by atoms with E-state index < -0.39 is 5.97 Å². The van der Waals surface area contributed by atoms with Crippen molar-refractivity contribution in [3.63, 3.8) is 0 Å². The molecule has 1 N–H and O–H groups in total. The predicted octanol–water partition coefficient (Wildman–Crippen LogP) is 4.03. The van der Waals surface area contributed by atoms with Crippen LogP contribution in [0.5, 0.6) is 5.88 Å². The number of unbranched alkanes of at least 4 members (excludes halogenated alkanes) is 1. The lowest BCUT2D eigenvalue weighted by atomic mass is 10.1. The summed E-state index contributed by atoms with van der Waals surface area (Å²) in [6.07, 6.45) is 3.37. The largest absolute Gasteiger partial charge is 0.481 e. The second-order valence-corrected chi connectivity index (χ2v) is 5.91. The summed E-state index contributed by atoms with van der Waals surface area (Å²) in [5.41, 5.74) is 1.13. The highest BCUT2D eigenvalue weighted by Crippen LogP contribution is 2.25. The van der Waals surface area contributed by atoms with Crippen LogP contribution in [0.25, 0.3) is 10.8 Å². The third kappa shape index (κ3) is 9.27. The molecule has 0 aliphatic heterocycles. The van der Waals surface area contributed by atoms with E-state index in [1.54, 1.807) is 0 Å². The normalized spacial score (nSPS) is 9.96. The number of fused-ring (bicyclic) bond motifs is 1. The number of hydrogen-bond acceptors (Lipinski definition) is 4. The van der Waals surface area contributed by atoms with Gasteiger partial charge in [-0.15, -0.1) is 12.4 Å². The maximum atomic E-state index is 9.00. The molecule has 0 spiro atoms. The van der Waals surface area contributed by atoms with Crippen molar-refractivity contribution in [1.82, 2.24) is 9.88 Å². The quantitative estimate of drug-likeness (QED) is 0.799. The number of rotatable bonds is 7. The number of carboxylic acid groups (broad SMARTS) is 1. The summed E-state index contributed by atoms with van der Waals surface area (Å²) in [4.78, 5) is 15.8. The van der Waals surface area contributed by atoms with Gasteiger partial charge in [0.15, 0.2) is 0 Å². The highest BCUT2D eigenvalue weighted by molar-refractivity contribution is 5.87. The van der Waals surface area contributed by atoms with Crippen LogP contribution in [-0.4, -0.2) is 48.2 Å². The molecule has 2 rings (SSSR count). The Kier molecular flexibility index (Phi) is 11.6. The summed E-state index contributed by atoms with van der Waals surface area (Å²) in [7, 11) is 4.10. The lowest BCUT2D eigenvalue weighted by Crippen LogP contribution is -2.19. The number of carbonyl (C=O) groups is 1. The fraction of sp³-hybridized carbons (Fsp3) is 0.474. The molecule has 0 fully saturated rings. The van der Waals surface area contributed by atoms with E-state index in [2.05, 4.69) is 36.1 Å². The molecule has 0 bridgehead atoms. The predicted molar refractivity (Wildman–Crippen MR) is 105 cm³/mol. The molecule has 1 aromatic heterocycles. The van der Waals surface area contributed by atoms with Gasteiger partial charge in [-0.25, -0.2) is 4.98 Å². The van der Waals surface area contributed by atoms with Crippen LogP contribution in [0.4, 0.5) is 0 Å². The van der Waals surface area contributed by atoms with E-state index in [1.807, 2.05) is 20.2 Å². The van der Waals surface area contributed by atoms with Gasteiger partial charge in [0.1, 0.15) is 6.61 Å². The van der Waals surface area contributed by atoms with E-state index in [-0.39, 0.29) is 12.4 Å². The first kappa shape index (κ1) is 23.1. The van der Waals surface area contributed by atoms with Gasteiger partial charge in [0.25, 0.3) is 5.97 Å². The van der Waals surface area contributed by atoms with Crippen molar-refractivity contribution in [2.75, 3.05) is 27.2 Å². The Morgan fingerprint density at radius 3 is 2.52 bits per heavy atom. The molecule has 0 aliphatic rings. The van der Waals surface area contributed by atoms with Gasteiger partial charge in [-0.05, 0) is 44.5 Å². The van der Waals surface area contributed by atoms with Gasteiger partial charge in [-0.3, -0.25) is 4.79 Å². The highest BCUT2D eigenvalue weighted by Gasteiger charge is 2.07. The molecule has 5 nitrogen and oxygen atoms in total. The zero-order valence-corrected chi connectivity index (χ0v) is 16.3. The van der Waals surface area contributed by atoms with Crippen molar-refractivity contribution < 1.29 is 14.6 Å². The molecule has 0 unspecified atom stereocenters. The van der Waals surface area contributed by atoms with E-state index >= 15 is 0 Å². The molecule has 140 valence electrons. The van der Waals surface area contributed by atoms with Crippen molar-refractivity contribution in [1.29, 1.82) is 0 Å². The van der Waals surface area contributed by atoms with Crippen LogP contribution in [0.2, 0.25) is 0 Å². The van der Waals surface area contributed by atoms with Crippen molar-refractivity contribution in [3.05, 3.63) is 36.0 Å². The summed E-state index contributed by atoms with van der Waals surface area (Å²) in [6, 6.07) is 10.5. The zero-order chi connectivity index (χ0) is 17.9. The first-order valence-corrected chi connectivity index (χ1v) is 8.29. The van der Waals surface area contributed by atoms with Gasteiger partial charge in [-0.2, -0.15) is 0 Å². The molecular weight excluding hydrogens is 340 g/mol. The minimum atomic E-state index is -0.833. The number of hydrogen-bond donors (Lipinski definition) is 1. The molecule has 1 aromatic carbocycles. The summed E-state index contributed by atoms with van der Waals surface area (Å²) < 4.78 is 5.90. The van der Waals surface area contributed by atoms with Crippen LogP contribution in [-0.2, 0) is 11.2 Å². The average Bonchev–Trinajstić information content (AvgIpc) is 2.52. The van der Waals surface area contributed by atoms with Crippen molar-refractivity contribution in [3.8, 4) is 5.88 Å². The Bertz CT molecular complexity index is 644. The molecule has 0 atom stereocenters. The summed E-state index contributed by atoms with van der Waals surface area (Å²) in [5, 5.41) is 9.74. The second-order valence-electron chi connectivity index (χ2n) is 5.91. The molecule has 0 saturated heterocycles. The molecule has 25 heavy (non-hydrogen) atoms. The minimum Gasteiger partial charge on any atom is -0.481 e. The van der Waals surface area contributed by atoms with Crippen LogP contribution >= 0.6 is 12.4 Å². The smallest absolute Gasteiger partial charge is 0.300 e. The molecule has 0 radical (unpaired) electrons. The maximum Gasteiger partial charge on any atom is 0.300 e. The number of benzene rings is 1. The molecule has 1 heterocycles. The molecule has 6 heteroatoms. The van der Waals surface area contributed by atoms with Crippen LogP contribution in [0.3, 0.4) is 0 Å². The standard InChI is InChI=1S/C17H24N2O.C2H4O2.ClH/c1-4-5-9-15-13-14-8-6-7-10-16(14)17(18-15)20-12-11-19(2)3;1-2(3)4;/h6-8,10,13H,4-5,9,11-12H2,1-3H3;1H3,(H,3,4);1H. The lowest BCUT2D eigenvalue weighted by molar-refractivity contribution is -0.134. The number of halogens is 1. The fourth-order valence-corrected chi connectivity index (χ4v) is 2.14. The minimum absolute atomic E-state index is 0. The topological polar surface area (TPSA) is 62.7 Å². The van der Waals surface area contributed by atoms with Gasteiger partial charge in [0, 0.05) is 24.5 Å². The Labute approximate surface area is 156 Å². The first-order valence-electron chi connectivity index (χ1n) is 8.29.